The molecule has 0 aliphatic carbocycles. The first kappa shape index (κ1) is 14.0. The molecule has 7 heteroatoms. The average Bonchev–Trinajstić information content (AvgIpc) is 2.39. The van der Waals surface area contributed by atoms with E-state index in [9.17, 15) is 13.2 Å². The van der Waals surface area contributed by atoms with Gasteiger partial charge in [-0.05, 0) is 13.8 Å². The van der Waals surface area contributed by atoms with Crippen molar-refractivity contribution in [3.63, 3.8) is 0 Å². The lowest BCUT2D eigenvalue weighted by Gasteiger charge is -2.37. The van der Waals surface area contributed by atoms with Gasteiger partial charge >= 0.3 is 0 Å². The summed E-state index contributed by atoms with van der Waals surface area (Å²) >= 11 is 0. The van der Waals surface area contributed by atoms with Crippen LogP contribution in [0.25, 0.3) is 0 Å². The van der Waals surface area contributed by atoms with Crippen LogP contribution in [0.3, 0.4) is 0 Å². The summed E-state index contributed by atoms with van der Waals surface area (Å²) in [6, 6.07) is 0.425. The number of nitrogens with zero attached hydrogens (tertiary/aromatic N) is 4. The van der Waals surface area contributed by atoms with Crippen molar-refractivity contribution in [3.05, 3.63) is 17.8 Å². The Hall–Kier alpha value is -1.37. The van der Waals surface area contributed by atoms with E-state index in [2.05, 4.69) is 28.7 Å². The SMILES string of the molecule is CC(C)N1CCN(c2nc(C(F)F)ncc2F)CC1. The summed E-state index contributed by atoms with van der Waals surface area (Å²) in [5.41, 5.74) is 0. The van der Waals surface area contributed by atoms with Crippen LogP contribution in [0.2, 0.25) is 0 Å². The van der Waals surface area contributed by atoms with Gasteiger partial charge in [0.25, 0.3) is 6.43 Å². The van der Waals surface area contributed by atoms with E-state index in [1.807, 2.05) is 0 Å². The Labute approximate surface area is 110 Å². The van der Waals surface area contributed by atoms with Crippen LogP contribution in [0.15, 0.2) is 6.20 Å². The van der Waals surface area contributed by atoms with Crippen molar-refractivity contribution >= 4 is 5.82 Å². The fourth-order valence-corrected chi connectivity index (χ4v) is 2.15. The molecule has 0 unspecified atom stereocenters. The molecule has 1 aromatic heterocycles. The van der Waals surface area contributed by atoms with Crippen molar-refractivity contribution in [2.45, 2.75) is 26.3 Å². The second-order valence-electron chi connectivity index (χ2n) is 4.82. The minimum atomic E-state index is -2.78. The Morgan fingerprint density at radius 1 is 1.16 bits per heavy atom. The predicted molar refractivity (Wildman–Crippen MR) is 65.9 cm³/mol. The first-order valence-corrected chi connectivity index (χ1v) is 6.28. The third-order valence-corrected chi connectivity index (χ3v) is 3.28. The second-order valence-corrected chi connectivity index (χ2v) is 4.82. The molecule has 2 rings (SSSR count). The van der Waals surface area contributed by atoms with Crippen LogP contribution in [0.1, 0.15) is 26.1 Å². The molecule has 0 atom stereocenters. The molecule has 106 valence electrons. The van der Waals surface area contributed by atoms with Crippen LogP contribution in [-0.2, 0) is 0 Å². The van der Waals surface area contributed by atoms with E-state index in [1.54, 1.807) is 4.90 Å². The van der Waals surface area contributed by atoms with Gasteiger partial charge in [0.2, 0.25) is 0 Å². The zero-order valence-corrected chi connectivity index (χ0v) is 11.0. The largest absolute Gasteiger partial charge is 0.352 e. The van der Waals surface area contributed by atoms with Crippen LogP contribution in [0.4, 0.5) is 19.0 Å². The van der Waals surface area contributed by atoms with E-state index in [0.717, 1.165) is 19.3 Å². The molecule has 0 amide bonds. The van der Waals surface area contributed by atoms with E-state index in [-0.39, 0.29) is 5.82 Å². The van der Waals surface area contributed by atoms with Gasteiger partial charge in [0.15, 0.2) is 17.5 Å². The molecule has 1 saturated heterocycles. The number of alkyl halides is 2. The maximum absolute atomic E-state index is 13.6. The molecule has 1 aliphatic rings. The molecule has 19 heavy (non-hydrogen) atoms. The number of piperazine rings is 1. The second kappa shape index (κ2) is 5.73. The molecule has 1 aromatic rings. The summed E-state index contributed by atoms with van der Waals surface area (Å²) < 4.78 is 38.7. The minimum absolute atomic E-state index is 0.0197. The average molecular weight is 274 g/mol. The summed E-state index contributed by atoms with van der Waals surface area (Å²) in [4.78, 5) is 10.9. The molecule has 0 N–H and O–H groups in total. The van der Waals surface area contributed by atoms with Gasteiger partial charge < -0.3 is 4.90 Å². The molecule has 2 heterocycles. The lowest BCUT2D eigenvalue weighted by molar-refractivity contribution is 0.140. The molecular weight excluding hydrogens is 257 g/mol. The Morgan fingerprint density at radius 3 is 2.32 bits per heavy atom. The van der Waals surface area contributed by atoms with Gasteiger partial charge in [0.05, 0.1) is 6.20 Å². The van der Waals surface area contributed by atoms with Gasteiger partial charge in [-0.2, -0.15) is 0 Å². The fraction of sp³-hybridized carbons (Fsp3) is 0.667. The predicted octanol–water partition coefficient (Wildman–Crippen LogP) is 2.08. The Morgan fingerprint density at radius 2 is 1.79 bits per heavy atom. The molecule has 0 bridgehead atoms. The quantitative estimate of drug-likeness (QED) is 0.845. The summed E-state index contributed by atoms with van der Waals surface area (Å²) in [6.07, 6.45) is -1.96. The van der Waals surface area contributed by atoms with Crippen molar-refractivity contribution in [2.24, 2.45) is 0 Å². The number of rotatable bonds is 3. The Kier molecular flexibility index (Phi) is 4.24. The van der Waals surface area contributed by atoms with Crippen molar-refractivity contribution in [2.75, 3.05) is 31.1 Å². The molecule has 1 fully saturated rings. The topological polar surface area (TPSA) is 32.3 Å². The van der Waals surface area contributed by atoms with Crippen LogP contribution in [0, 0.1) is 5.82 Å². The summed E-state index contributed by atoms with van der Waals surface area (Å²) in [5, 5.41) is 0. The van der Waals surface area contributed by atoms with Gasteiger partial charge in [0.1, 0.15) is 0 Å². The summed E-state index contributed by atoms with van der Waals surface area (Å²) in [6.45, 7) is 6.88. The Balaban J connectivity index is 2.12. The summed E-state index contributed by atoms with van der Waals surface area (Å²) in [5.74, 6) is -1.29. The molecular formula is C12H17F3N4. The van der Waals surface area contributed by atoms with Crippen molar-refractivity contribution in [3.8, 4) is 0 Å². The maximum atomic E-state index is 13.6. The molecule has 4 nitrogen and oxygen atoms in total. The molecule has 0 radical (unpaired) electrons. The zero-order valence-electron chi connectivity index (χ0n) is 11.0. The Bertz CT molecular complexity index is 431. The molecule has 0 saturated carbocycles. The fourth-order valence-electron chi connectivity index (χ4n) is 2.15. The number of aromatic nitrogens is 2. The summed E-state index contributed by atoms with van der Waals surface area (Å²) in [7, 11) is 0. The first-order chi connectivity index (χ1) is 8.99. The molecule has 0 spiro atoms. The zero-order chi connectivity index (χ0) is 14.0. The standard InChI is InChI=1S/C12H17F3N4/c1-8(2)18-3-5-19(6-4-18)12-9(13)7-16-11(17-12)10(14)15/h7-8,10H,3-6H2,1-2H3. The first-order valence-electron chi connectivity index (χ1n) is 6.28. The lowest BCUT2D eigenvalue weighted by Crippen LogP contribution is -2.49. The number of anilines is 1. The van der Waals surface area contributed by atoms with Gasteiger partial charge in [-0.1, -0.05) is 0 Å². The molecule has 0 aromatic carbocycles. The van der Waals surface area contributed by atoms with E-state index in [1.165, 1.54) is 0 Å². The normalized spacial score (nSPS) is 17.5. The van der Waals surface area contributed by atoms with Gasteiger partial charge in [0, 0.05) is 32.2 Å². The smallest absolute Gasteiger partial charge is 0.297 e. The van der Waals surface area contributed by atoms with Gasteiger partial charge in [-0.15, -0.1) is 0 Å². The van der Waals surface area contributed by atoms with E-state index in [0.29, 0.717) is 19.1 Å². The van der Waals surface area contributed by atoms with Crippen molar-refractivity contribution in [1.82, 2.24) is 14.9 Å². The third kappa shape index (κ3) is 3.15. The number of halogens is 3. The van der Waals surface area contributed by atoms with Gasteiger partial charge in [-0.3, -0.25) is 4.90 Å². The highest BCUT2D eigenvalue weighted by Gasteiger charge is 2.23. The highest BCUT2D eigenvalue weighted by Crippen LogP contribution is 2.22. The number of hydrogen-bond donors (Lipinski definition) is 0. The van der Waals surface area contributed by atoms with E-state index in [4.69, 9.17) is 0 Å². The van der Waals surface area contributed by atoms with Crippen LogP contribution >= 0.6 is 0 Å². The van der Waals surface area contributed by atoms with Crippen LogP contribution in [0.5, 0.6) is 0 Å². The van der Waals surface area contributed by atoms with E-state index < -0.39 is 18.1 Å². The van der Waals surface area contributed by atoms with Crippen LogP contribution in [-0.4, -0.2) is 47.1 Å². The lowest BCUT2D eigenvalue weighted by atomic mass is 10.2. The van der Waals surface area contributed by atoms with Crippen molar-refractivity contribution < 1.29 is 13.2 Å². The van der Waals surface area contributed by atoms with Crippen molar-refractivity contribution in [1.29, 1.82) is 0 Å². The third-order valence-electron chi connectivity index (χ3n) is 3.28. The highest BCUT2D eigenvalue weighted by molar-refractivity contribution is 5.40. The minimum Gasteiger partial charge on any atom is -0.352 e. The monoisotopic (exact) mass is 274 g/mol. The van der Waals surface area contributed by atoms with Crippen LogP contribution < -0.4 is 4.90 Å². The molecule has 1 aliphatic heterocycles. The van der Waals surface area contributed by atoms with Gasteiger partial charge in [-0.25, -0.2) is 23.1 Å². The maximum Gasteiger partial charge on any atom is 0.297 e. The highest BCUT2D eigenvalue weighted by atomic mass is 19.3. The van der Waals surface area contributed by atoms with E-state index >= 15 is 0 Å². The number of hydrogen-bond acceptors (Lipinski definition) is 4.